The highest BCUT2D eigenvalue weighted by Crippen LogP contribution is 2.34. The van der Waals surface area contributed by atoms with Gasteiger partial charge in [0.25, 0.3) is 0 Å². The molecular formula is C14H19NS2. The van der Waals surface area contributed by atoms with Gasteiger partial charge < -0.3 is 0 Å². The number of rotatable bonds is 2. The van der Waals surface area contributed by atoms with Crippen LogP contribution < -0.4 is 0 Å². The molecule has 0 amide bonds. The number of aromatic nitrogens is 1. The number of hydrogen-bond acceptors (Lipinski definition) is 3. The number of nitrogens with zero attached hydrogens (tertiary/aromatic N) is 1. The molecule has 2 aromatic rings. The second-order valence-electron chi connectivity index (χ2n) is 5.58. The molecule has 0 N–H and O–H groups in total. The van der Waals surface area contributed by atoms with Crippen LogP contribution in [0.25, 0.3) is 10.2 Å². The molecule has 3 heteroatoms. The first-order chi connectivity index (χ1) is 7.86. The van der Waals surface area contributed by atoms with Gasteiger partial charge in [-0.3, -0.25) is 0 Å². The molecule has 1 nitrogen and oxygen atoms in total. The van der Waals surface area contributed by atoms with E-state index in [1.54, 1.807) is 0 Å². The van der Waals surface area contributed by atoms with Gasteiger partial charge in [0.05, 0.1) is 10.2 Å². The second-order valence-corrected chi connectivity index (χ2v) is 8.43. The Balaban J connectivity index is 2.41. The van der Waals surface area contributed by atoms with Crippen molar-refractivity contribution < 1.29 is 0 Å². The van der Waals surface area contributed by atoms with Crippen LogP contribution in [0.4, 0.5) is 0 Å². The molecule has 0 atom stereocenters. The van der Waals surface area contributed by atoms with E-state index in [-0.39, 0.29) is 5.41 Å². The largest absolute Gasteiger partial charge is 0.230 e. The van der Waals surface area contributed by atoms with Gasteiger partial charge >= 0.3 is 0 Å². The predicted molar refractivity (Wildman–Crippen MR) is 79.3 cm³/mol. The van der Waals surface area contributed by atoms with Gasteiger partial charge in [-0.25, -0.2) is 4.98 Å². The van der Waals surface area contributed by atoms with Gasteiger partial charge in [0.15, 0.2) is 4.34 Å². The highest BCUT2D eigenvalue weighted by atomic mass is 32.2. The number of benzene rings is 1. The summed E-state index contributed by atoms with van der Waals surface area (Å²) < 4.78 is 2.49. The van der Waals surface area contributed by atoms with Crippen molar-refractivity contribution >= 4 is 33.3 Å². The van der Waals surface area contributed by atoms with E-state index in [1.165, 1.54) is 14.6 Å². The Hall–Kier alpha value is -0.540. The fourth-order valence-electron chi connectivity index (χ4n) is 1.62. The molecule has 17 heavy (non-hydrogen) atoms. The molecule has 1 heterocycles. The third kappa shape index (κ3) is 3.02. The fourth-order valence-corrected chi connectivity index (χ4v) is 3.95. The molecule has 0 spiro atoms. The lowest BCUT2D eigenvalue weighted by atomic mass is 9.87. The smallest absolute Gasteiger partial charge is 0.151 e. The van der Waals surface area contributed by atoms with Crippen molar-refractivity contribution in [3.8, 4) is 0 Å². The van der Waals surface area contributed by atoms with Crippen LogP contribution >= 0.6 is 23.1 Å². The van der Waals surface area contributed by atoms with Crippen LogP contribution in [0.15, 0.2) is 22.5 Å². The molecule has 0 aliphatic carbocycles. The number of thioether (sulfide) groups is 1. The van der Waals surface area contributed by atoms with Gasteiger partial charge in [-0.2, -0.15) is 0 Å². The zero-order valence-corrected chi connectivity index (χ0v) is 12.7. The van der Waals surface area contributed by atoms with Crippen molar-refractivity contribution in [2.24, 2.45) is 0 Å². The third-order valence-corrected chi connectivity index (χ3v) is 4.69. The zero-order valence-electron chi connectivity index (χ0n) is 11.1. The van der Waals surface area contributed by atoms with Crippen molar-refractivity contribution in [1.29, 1.82) is 0 Å². The molecule has 0 fully saturated rings. The van der Waals surface area contributed by atoms with Crippen molar-refractivity contribution in [2.75, 3.05) is 0 Å². The molecule has 1 aromatic carbocycles. The summed E-state index contributed by atoms with van der Waals surface area (Å²) >= 11 is 3.65. The standard InChI is InChI=1S/C14H19NS2/c1-9(2)16-13-15-11-7-6-10(14(3,4)5)8-12(11)17-13/h6-9H,1-5H3. The molecule has 0 saturated heterocycles. The summed E-state index contributed by atoms with van der Waals surface area (Å²) in [6, 6.07) is 6.64. The molecule has 0 aliphatic rings. The molecule has 0 bridgehead atoms. The van der Waals surface area contributed by atoms with Crippen LogP contribution in [0, 0.1) is 0 Å². The van der Waals surface area contributed by atoms with E-state index in [9.17, 15) is 0 Å². The quantitative estimate of drug-likeness (QED) is 0.701. The number of fused-ring (bicyclic) bond motifs is 1. The summed E-state index contributed by atoms with van der Waals surface area (Å²) in [4.78, 5) is 4.66. The van der Waals surface area contributed by atoms with Gasteiger partial charge in [0.2, 0.25) is 0 Å². The Kier molecular flexibility index (Phi) is 3.50. The van der Waals surface area contributed by atoms with Crippen LogP contribution in [0.1, 0.15) is 40.2 Å². The van der Waals surface area contributed by atoms with E-state index >= 15 is 0 Å². The van der Waals surface area contributed by atoms with E-state index in [0.29, 0.717) is 5.25 Å². The summed E-state index contributed by atoms with van der Waals surface area (Å²) in [5.41, 5.74) is 2.73. The van der Waals surface area contributed by atoms with Gasteiger partial charge in [-0.1, -0.05) is 52.4 Å². The molecule has 0 unspecified atom stereocenters. The predicted octanol–water partition coefficient (Wildman–Crippen LogP) is 5.09. The lowest BCUT2D eigenvalue weighted by molar-refractivity contribution is 0.591. The molecule has 0 aliphatic heterocycles. The van der Waals surface area contributed by atoms with Gasteiger partial charge in [-0.15, -0.1) is 11.3 Å². The van der Waals surface area contributed by atoms with Crippen molar-refractivity contribution in [1.82, 2.24) is 4.98 Å². The van der Waals surface area contributed by atoms with Crippen LogP contribution in [-0.4, -0.2) is 10.2 Å². The third-order valence-electron chi connectivity index (χ3n) is 2.57. The van der Waals surface area contributed by atoms with Crippen LogP contribution in [0.3, 0.4) is 0 Å². The monoisotopic (exact) mass is 265 g/mol. The van der Waals surface area contributed by atoms with Crippen molar-refractivity contribution in [3.63, 3.8) is 0 Å². The molecule has 1 aromatic heterocycles. The van der Waals surface area contributed by atoms with Crippen molar-refractivity contribution in [3.05, 3.63) is 23.8 Å². The Morgan fingerprint density at radius 3 is 2.53 bits per heavy atom. The lowest BCUT2D eigenvalue weighted by Gasteiger charge is -2.18. The lowest BCUT2D eigenvalue weighted by Crippen LogP contribution is -2.10. The summed E-state index contributed by atoms with van der Waals surface area (Å²) in [5, 5.41) is 0.595. The van der Waals surface area contributed by atoms with E-state index in [0.717, 1.165) is 5.52 Å². The van der Waals surface area contributed by atoms with Gasteiger partial charge in [0, 0.05) is 5.25 Å². The maximum Gasteiger partial charge on any atom is 0.151 e. The Bertz CT molecular complexity index is 520. The fraction of sp³-hybridized carbons (Fsp3) is 0.500. The van der Waals surface area contributed by atoms with E-state index in [1.807, 2.05) is 23.1 Å². The van der Waals surface area contributed by atoms with Gasteiger partial charge in [-0.05, 0) is 23.1 Å². The van der Waals surface area contributed by atoms with Crippen LogP contribution in [0.2, 0.25) is 0 Å². The average molecular weight is 265 g/mol. The zero-order chi connectivity index (χ0) is 12.6. The van der Waals surface area contributed by atoms with E-state index in [2.05, 4.69) is 57.8 Å². The molecular weight excluding hydrogens is 246 g/mol. The topological polar surface area (TPSA) is 12.9 Å². The first kappa shape index (κ1) is 12.9. The van der Waals surface area contributed by atoms with Gasteiger partial charge in [0.1, 0.15) is 0 Å². The molecule has 2 rings (SSSR count). The van der Waals surface area contributed by atoms with E-state index in [4.69, 9.17) is 0 Å². The van der Waals surface area contributed by atoms with Crippen LogP contribution in [0.5, 0.6) is 0 Å². The minimum atomic E-state index is 0.212. The maximum atomic E-state index is 4.66. The SMILES string of the molecule is CC(C)Sc1nc2ccc(C(C)(C)C)cc2s1. The Morgan fingerprint density at radius 2 is 1.94 bits per heavy atom. The molecule has 92 valence electrons. The highest BCUT2D eigenvalue weighted by molar-refractivity contribution is 8.01. The summed E-state index contributed by atoms with van der Waals surface area (Å²) in [7, 11) is 0. The minimum Gasteiger partial charge on any atom is -0.230 e. The average Bonchev–Trinajstić information content (AvgIpc) is 2.55. The summed E-state index contributed by atoms with van der Waals surface area (Å²) in [5.74, 6) is 0. The highest BCUT2D eigenvalue weighted by Gasteiger charge is 2.15. The Labute approximate surface area is 112 Å². The van der Waals surface area contributed by atoms with Crippen LogP contribution in [-0.2, 0) is 5.41 Å². The molecule has 0 saturated carbocycles. The van der Waals surface area contributed by atoms with E-state index < -0.39 is 0 Å². The number of hydrogen-bond donors (Lipinski definition) is 0. The first-order valence-electron chi connectivity index (χ1n) is 5.94. The summed E-state index contributed by atoms with van der Waals surface area (Å²) in [6.45, 7) is 11.2. The summed E-state index contributed by atoms with van der Waals surface area (Å²) in [6.07, 6.45) is 0. The minimum absolute atomic E-state index is 0.212. The van der Waals surface area contributed by atoms with Crippen molar-refractivity contribution in [2.45, 2.75) is 49.6 Å². The maximum absolute atomic E-state index is 4.66. The number of thiazole rings is 1. The second kappa shape index (κ2) is 4.62. The molecule has 0 radical (unpaired) electrons. The first-order valence-corrected chi connectivity index (χ1v) is 7.63. The normalized spacial score (nSPS) is 12.6. The Morgan fingerprint density at radius 1 is 1.24 bits per heavy atom.